The Balaban J connectivity index is 2.05. The van der Waals surface area contributed by atoms with Gasteiger partial charge in [-0.3, -0.25) is 9.40 Å². The summed E-state index contributed by atoms with van der Waals surface area (Å²) in [5, 5.41) is 16.9. The molecule has 4 rings (SSSR count). The van der Waals surface area contributed by atoms with Crippen molar-refractivity contribution in [3.8, 4) is 23.0 Å². The molecule has 0 fully saturated rings. The topological polar surface area (TPSA) is 135 Å². The van der Waals surface area contributed by atoms with Crippen LogP contribution in [0.2, 0.25) is 0 Å². The largest absolute Gasteiger partial charge is 0.444 e. The maximum Gasteiger partial charge on any atom is 0.408 e. The summed E-state index contributed by atoms with van der Waals surface area (Å²) >= 11 is 0. The number of rotatable bonds is 8. The zero-order chi connectivity index (χ0) is 35.8. The maximum atomic E-state index is 14.3. The molecule has 0 aliphatic carbocycles. The number of aromatic nitrogens is 3. The minimum absolute atomic E-state index is 0.0954. The van der Waals surface area contributed by atoms with Crippen LogP contribution in [0.3, 0.4) is 0 Å². The zero-order valence-electron chi connectivity index (χ0n) is 27.2. The molecular weight excluding hydrogens is 654 g/mol. The summed E-state index contributed by atoms with van der Waals surface area (Å²) in [6.07, 6.45) is -3.24. The molecule has 0 saturated heterocycles. The number of nitrogens with one attached hydrogen (secondary N) is 2. The molecule has 48 heavy (non-hydrogen) atoms. The van der Waals surface area contributed by atoms with Gasteiger partial charge >= 0.3 is 6.09 Å². The highest BCUT2D eigenvalue weighted by Gasteiger charge is 2.29. The van der Waals surface area contributed by atoms with Crippen molar-refractivity contribution in [3.63, 3.8) is 0 Å². The third-order valence-electron chi connectivity index (χ3n) is 6.63. The number of hydrogen-bond acceptors (Lipinski definition) is 7. The van der Waals surface area contributed by atoms with Gasteiger partial charge in [0.2, 0.25) is 10.0 Å². The average Bonchev–Trinajstić information content (AvgIpc) is 3.23. The molecule has 1 amide bonds. The summed E-state index contributed by atoms with van der Waals surface area (Å²) in [5.74, 6) is 3.38. The van der Waals surface area contributed by atoms with Crippen molar-refractivity contribution in [2.75, 3.05) is 11.0 Å². The van der Waals surface area contributed by atoms with Crippen LogP contribution < -0.4 is 10.0 Å². The van der Waals surface area contributed by atoms with Gasteiger partial charge in [0.15, 0.2) is 5.82 Å². The average molecular weight is 690 g/mol. The fourth-order valence-electron chi connectivity index (χ4n) is 4.97. The molecule has 0 aliphatic rings. The Morgan fingerprint density at radius 2 is 1.67 bits per heavy atom. The molecule has 256 valence electrons. The number of carbonyl (C=O) groups excluding carboxylic acids is 1. The second-order valence-corrected chi connectivity index (χ2v) is 14.4. The zero-order valence-corrected chi connectivity index (χ0v) is 28.1. The van der Waals surface area contributed by atoms with E-state index in [1.54, 1.807) is 26.8 Å². The number of benzene rings is 2. The number of aryl methyl sites for hydroxylation is 1. The van der Waals surface area contributed by atoms with E-state index < -0.39 is 57.0 Å². The van der Waals surface area contributed by atoms with E-state index in [4.69, 9.17) is 4.74 Å². The smallest absolute Gasteiger partial charge is 0.408 e. The molecule has 15 heteroatoms. The third-order valence-corrected chi connectivity index (χ3v) is 7.20. The van der Waals surface area contributed by atoms with Crippen molar-refractivity contribution in [1.29, 1.82) is 0 Å². The number of hydrogen-bond donors (Lipinski definition) is 3. The number of carbonyl (C=O) groups is 1. The number of sulfonamides is 1. The Morgan fingerprint density at radius 3 is 2.23 bits per heavy atom. The monoisotopic (exact) mass is 689 g/mol. The highest BCUT2D eigenvalue weighted by molar-refractivity contribution is 7.92. The molecule has 0 bridgehead atoms. The minimum atomic E-state index is -3.93. The van der Waals surface area contributed by atoms with E-state index in [-0.39, 0.29) is 51.2 Å². The van der Waals surface area contributed by atoms with Gasteiger partial charge in [0.25, 0.3) is 6.43 Å². The van der Waals surface area contributed by atoms with Crippen LogP contribution >= 0.6 is 0 Å². The van der Waals surface area contributed by atoms with Gasteiger partial charge in [0, 0.05) is 29.8 Å². The first-order valence-corrected chi connectivity index (χ1v) is 16.5. The Hall–Kier alpha value is -4.68. The van der Waals surface area contributed by atoms with Crippen molar-refractivity contribution >= 4 is 32.8 Å². The van der Waals surface area contributed by atoms with Crippen molar-refractivity contribution in [2.45, 2.75) is 64.7 Å². The summed E-state index contributed by atoms with van der Waals surface area (Å²) in [5.41, 5.74) is -1.81. The Morgan fingerprint density at radius 1 is 1.04 bits per heavy atom. The van der Waals surface area contributed by atoms with E-state index in [2.05, 4.69) is 32.0 Å². The molecule has 0 saturated carbocycles. The van der Waals surface area contributed by atoms with Crippen LogP contribution in [0.5, 0.6) is 0 Å². The van der Waals surface area contributed by atoms with Crippen molar-refractivity contribution in [1.82, 2.24) is 20.1 Å². The SMILES string of the molecule is Cn1nc(NS(C)(=O)=O)c2c(C(F)F)ccc(-c3ccc(C#CC(C)(C)O)nc3C(Cc3cc(F)cc(F)c3)NC(=O)OC(C)(C)C)c21. The van der Waals surface area contributed by atoms with Crippen LogP contribution in [0.1, 0.15) is 69.6 Å². The van der Waals surface area contributed by atoms with Crippen molar-refractivity contribution < 1.29 is 40.6 Å². The minimum Gasteiger partial charge on any atom is -0.444 e. The van der Waals surface area contributed by atoms with Crippen LogP contribution in [-0.2, 0) is 28.2 Å². The highest BCUT2D eigenvalue weighted by Crippen LogP contribution is 2.41. The van der Waals surface area contributed by atoms with E-state index in [1.165, 1.54) is 37.7 Å². The number of alkyl halides is 2. The van der Waals surface area contributed by atoms with Gasteiger partial charge < -0.3 is 15.2 Å². The van der Waals surface area contributed by atoms with Gasteiger partial charge in [0.05, 0.1) is 28.9 Å². The van der Waals surface area contributed by atoms with Crippen LogP contribution in [0, 0.1) is 23.5 Å². The summed E-state index contributed by atoms with van der Waals surface area (Å²) in [6, 6.07) is 7.29. The molecule has 0 spiro atoms. The predicted octanol–water partition coefficient (Wildman–Crippen LogP) is 6.15. The molecule has 2 aromatic carbocycles. The van der Waals surface area contributed by atoms with E-state index >= 15 is 0 Å². The fraction of sp³-hybridized carbons (Fsp3) is 0.364. The Labute approximate surface area is 275 Å². The Bertz CT molecular complexity index is 2020. The second-order valence-electron chi connectivity index (χ2n) is 12.7. The van der Waals surface area contributed by atoms with Crippen molar-refractivity contribution in [3.05, 3.63) is 76.6 Å². The first kappa shape index (κ1) is 36.2. The lowest BCUT2D eigenvalue weighted by molar-refractivity contribution is 0.0502. The molecule has 2 aromatic heterocycles. The second kappa shape index (κ2) is 13.4. The summed E-state index contributed by atoms with van der Waals surface area (Å²) in [4.78, 5) is 17.8. The lowest BCUT2D eigenvalue weighted by atomic mass is 9.93. The number of alkyl carbamates (subject to hydrolysis) is 1. The standard InChI is InChI=1S/C33H35F4N5O5S/c1-32(2,3)47-31(43)39-25(16-18-14-19(34)17-20(35)15-18)27-22(9-8-21(38-27)12-13-33(4,5)44)23-10-11-24(29(36)37)26-28(23)42(6)40-30(26)41-48(7,45)46/h8-11,14-15,17,25,29,44H,16H2,1-7H3,(H,39,43)(H,40,41). The first-order chi connectivity index (χ1) is 22.1. The normalized spacial score (nSPS) is 12.9. The van der Waals surface area contributed by atoms with Crippen LogP contribution in [0.15, 0.2) is 42.5 Å². The van der Waals surface area contributed by atoms with Crippen molar-refractivity contribution in [2.24, 2.45) is 7.05 Å². The quantitative estimate of drug-likeness (QED) is 0.149. The molecular formula is C33H35F4N5O5S. The van der Waals surface area contributed by atoms with Crippen LogP contribution in [-0.4, -0.2) is 51.8 Å². The number of ether oxygens (including phenoxy) is 1. The maximum absolute atomic E-state index is 14.3. The number of pyridine rings is 1. The fourth-order valence-corrected chi connectivity index (χ4v) is 5.47. The predicted molar refractivity (Wildman–Crippen MR) is 173 cm³/mol. The van der Waals surface area contributed by atoms with Gasteiger partial charge in [-0.2, -0.15) is 5.10 Å². The van der Waals surface area contributed by atoms with E-state index in [0.29, 0.717) is 6.07 Å². The van der Waals surface area contributed by atoms with Gasteiger partial charge in [-0.25, -0.2) is 35.8 Å². The first-order valence-electron chi connectivity index (χ1n) is 14.6. The van der Waals surface area contributed by atoms with E-state index in [1.807, 2.05) is 0 Å². The van der Waals surface area contributed by atoms with E-state index in [0.717, 1.165) is 24.5 Å². The number of nitrogens with zero attached hydrogens (tertiary/aromatic N) is 3. The number of halogens is 4. The molecule has 1 atom stereocenters. The van der Waals surface area contributed by atoms with E-state index in [9.17, 15) is 35.9 Å². The third kappa shape index (κ3) is 9.23. The van der Waals surface area contributed by atoms with Gasteiger partial charge in [-0.15, -0.1) is 0 Å². The van der Waals surface area contributed by atoms with Gasteiger partial charge in [-0.1, -0.05) is 18.1 Å². The molecule has 2 heterocycles. The lowest BCUT2D eigenvalue weighted by Crippen LogP contribution is -2.36. The number of aliphatic hydroxyl groups is 1. The van der Waals surface area contributed by atoms with Crippen LogP contribution in [0.4, 0.5) is 28.2 Å². The molecule has 10 nitrogen and oxygen atoms in total. The van der Waals surface area contributed by atoms with Gasteiger partial charge in [-0.05, 0) is 76.8 Å². The molecule has 3 N–H and O–H groups in total. The number of anilines is 1. The summed E-state index contributed by atoms with van der Waals surface area (Å²) in [7, 11) is -2.49. The summed E-state index contributed by atoms with van der Waals surface area (Å²) < 4.78 is 90.4. The summed E-state index contributed by atoms with van der Waals surface area (Å²) in [6.45, 7) is 7.86. The molecule has 0 aliphatic heterocycles. The number of amides is 1. The van der Waals surface area contributed by atoms with Gasteiger partial charge in [0.1, 0.15) is 28.5 Å². The highest BCUT2D eigenvalue weighted by atomic mass is 32.2. The Kier molecular flexibility index (Phi) is 10.1. The molecule has 1 unspecified atom stereocenters. The lowest BCUT2D eigenvalue weighted by Gasteiger charge is -2.25. The van der Waals surface area contributed by atoms with Crippen LogP contribution in [0.25, 0.3) is 22.0 Å². The molecule has 4 aromatic rings. The number of fused-ring (bicyclic) bond motifs is 1. The molecule has 0 radical (unpaired) electrons.